The van der Waals surface area contributed by atoms with Gasteiger partial charge >= 0.3 is 17.9 Å². The van der Waals surface area contributed by atoms with Gasteiger partial charge in [0.25, 0.3) is 0 Å². The third kappa shape index (κ3) is 44.2. The minimum absolute atomic E-state index is 0.108. The highest BCUT2D eigenvalue weighted by molar-refractivity contribution is 5.72. The van der Waals surface area contributed by atoms with E-state index in [1.54, 1.807) is 6.08 Å². The van der Waals surface area contributed by atoms with Crippen molar-refractivity contribution in [3.63, 3.8) is 0 Å². The Labute approximate surface area is 359 Å². The number of hydrogen-bond donors (Lipinski definition) is 0. The summed E-state index contributed by atoms with van der Waals surface area (Å²) in [6, 6.07) is 0. The lowest BCUT2D eigenvalue weighted by atomic mass is 10.1. The van der Waals surface area contributed by atoms with E-state index < -0.39 is 18.0 Å². The Bertz CT molecular complexity index is 1390. The SMILES string of the molecule is CC\C=C/C=C\C=C/C=C\C=C/CCCCCC(=O)OC(COC(=O)C/C=C\C/C=C\C/C=C\CC)COC(=O)CCC/C=C\C/C=C\C/C=C\C/C=C\CCCCC. The van der Waals surface area contributed by atoms with Gasteiger partial charge in [0.05, 0.1) is 6.42 Å². The molecule has 0 saturated carbocycles. The van der Waals surface area contributed by atoms with Gasteiger partial charge in [-0.25, -0.2) is 0 Å². The Morgan fingerprint density at radius 3 is 1.41 bits per heavy atom. The van der Waals surface area contributed by atoms with Crippen LogP contribution in [0.2, 0.25) is 0 Å². The predicted molar refractivity (Wildman–Crippen MR) is 251 cm³/mol. The van der Waals surface area contributed by atoms with Crippen molar-refractivity contribution in [2.24, 2.45) is 0 Å². The molecule has 0 aliphatic rings. The van der Waals surface area contributed by atoms with Crippen LogP contribution in [0, 0.1) is 0 Å². The molecule has 0 heterocycles. The van der Waals surface area contributed by atoms with Crippen LogP contribution >= 0.6 is 0 Å². The van der Waals surface area contributed by atoms with E-state index in [0.717, 1.165) is 70.6 Å². The van der Waals surface area contributed by atoms with Crippen LogP contribution in [0.3, 0.4) is 0 Å². The zero-order valence-electron chi connectivity index (χ0n) is 36.9. The highest BCUT2D eigenvalue weighted by atomic mass is 16.6. The maximum atomic E-state index is 12.7. The molecule has 0 spiro atoms. The summed E-state index contributed by atoms with van der Waals surface area (Å²) < 4.78 is 16.5. The fraction of sp³-hybridized carbons (Fsp3) is 0.491. The van der Waals surface area contributed by atoms with Crippen molar-refractivity contribution in [2.75, 3.05) is 13.2 Å². The largest absolute Gasteiger partial charge is 0.462 e. The van der Waals surface area contributed by atoms with Crippen LogP contribution in [0.15, 0.2) is 146 Å². The number of carbonyl (C=O) groups is 3. The molecule has 326 valence electrons. The molecule has 0 N–H and O–H groups in total. The number of hydrogen-bond acceptors (Lipinski definition) is 6. The highest BCUT2D eigenvalue weighted by Gasteiger charge is 2.19. The summed E-state index contributed by atoms with van der Waals surface area (Å²) in [5.74, 6) is -1.20. The first-order chi connectivity index (χ1) is 29.0. The molecule has 0 radical (unpaired) electrons. The van der Waals surface area contributed by atoms with Gasteiger partial charge in [-0.15, -0.1) is 0 Å². The molecule has 6 heteroatoms. The van der Waals surface area contributed by atoms with Gasteiger partial charge in [0.1, 0.15) is 13.2 Å². The molecule has 0 amide bonds. The molecule has 1 atom stereocenters. The maximum Gasteiger partial charge on any atom is 0.309 e. The van der Waals surface area contributed by atoms with Gasteiger partial charge in [-0.05, 0) is 89.9 Å². The zero-order valence-corrected chi connectivity index (χ0v) is 36.9. The molecule has 0 aromatic rings. The molecule has 0 bridgehead atoms. The topological polar surface area (TPSA) is 78.9 Å². The lowest BCUT2D eigenvalue weighted by Crippen LogP contribution is -2.30. The summed E-state index contributed by atoms with van der Waals surface area (Å²) in [7, 11) is 0. The molecule has 59 heavy (non-hydrogen) atoms. The minimum atomic E-state index is -0.862. The van der Waals surface area contributed by atoms with E-state index in [9.17, 15) is 14.4 Å². The Kier molecular flexibility index (Phi) is 42.3. The third-order valence-corrected chi connectivity index (χ3v) is 8.47. The average molecular weight is 811 g/mol. The van der Waals surface area contributed by atoms with Crippen molar-refractivity contribution in [3.05, 3.63) is 146 Å². The summed E-state index contributed by atoms with van der Waals surface area (Å²) in [5, 5.41) is 0. The molecule has 1 unspecified atom stereocenters. The first kappa shape index (κ1) is 54.3. The molecule has 6 nitrogen and oxygen atoms in total. The first-order valence-electron chi connectivity index (χ1n) is 22.4. The summed E-state index contributed by atoms with van der Waals surface area (Å²) >= 11 is 0. The van der Waals surface area contributed by atoms with Crippen LogP contribution in [0.5, 0.6) is 0 Å². The third-order valence-electron chi connectivity index (χ3n) is 8.47. The number of unbranched alkanes of at least 4 members (excludes halogenated alkanes) is 7. The van der Waals surface area contributed by atoms with Crippen molar-refractivity contribution in [1.29, 1.82) is 0 Å². The molecule has 0 saturated heterocycles. The Morgan fingerprint density at radius 1 is 0.390 bits per heavy atom. The fourth-order valence-electron chi connectivity index (χ4n) is 5.16. The number of ether oxygens (including phenoxy) is 3. The van der Waals surface area contributed by atoms with E-state index in [2.05, 4.69) is 106 Å². The monoisotopic (exact) mass is 811 g/mol. The molecule has 0 aliphatic carbocycles. The number of esters is 3. The van der Waals surface area contributed by atoms with E-state index >= 15 is 0 Å². The standard InChI is InChI=1S/C53H78O6/c1-4-7-10-13-16-19-21-23-25-26-28-29-31-34-37-40-43-46-52(55)58-49-50(48-57-51(54)45-42-39-36-33-18-15-12-9-6-3)59-53(56)47-44-41-38-35-32-30-27-24-22-20-17-14-11-8-5-2/h8-9,11-12,14,16-20,22-25,27-30,32-34,37,39,42,50H,4-7,10,13,15,21,26,31,35-36,38,40-41,43-49H2,1-3H3/b11-8-,12-9-,17-14-,19-16-,22-20-,25-23-,27-24-,29-28-,32-30-,33-18-,37-34-,42-39-. The second-order valence-electron chi connectivity index (χ2n) is 14.0. The van der Waals surface area contributed by atoms with Gasteiger partial charge < -0.3 is 14.2 Å². The molecule has 0 aromatic heterocycles. The number of carbonyl (C=O) groups excluding carboxylic acids is 3. The average Bonchev–Trinajstić information content (AvgIpc) is 3.23. The van der Waals surface area contributed by atoms with Crippen LogP contribution in [0.1, 0.15) is 149 Å². The molecule has 0 aliphatic heterocycles. The Balaban J connectivity index is 4.64. The fourth-order valence-corrected chi connectivity index (χ4v) is 5.16. The lowest BCUT2D eigenvalue weighted by Gasteiger charge is -2.18. The molecular formula is C53H78O6. The van der Waals surface area contributed by atoms with Gasteiger partial charge in [0.2, 0.25) is 0 Å². The van der Waals surface area contributed by atoms with E-state index in [4.69, 9.17) is 14.2 Å². The Morgan fingerprint density at radius 2 is 0.831 bits per heavy atom. The maximum absolute atomic E-state index is 12.7. The van der Waals surface area contributed by atoms with Gasteiger partial charge in [0, 0.05) is 12.8 Å². The zero-order chi connectivity index (χ0) is 43.0. The molecular weight excluding hydrogens is 733 g/mol. The van der Waals surface area contributed by atoms with E-state index in [1.807, 2.05) is 54.7 Å². The van der Waals surface area contributed by atoms with E-state index in [1.165, 1.54) is 25.7 Å². The van der Waals surface area contributed by atoms with Crippen LogP contribution in [0.25, 0.3) is 0 Å². The van der Waals surface area contributed by atoms with Gasteiger partial charge in [0.15, 0.2) is 6.10 Å². The minimum Gasteiger partial charge on any atom is -0.462 e. The van der Waals surface area contributed by atoms with E-state index in [-0.39, 0.29) is 38.4 Å². The van der Waals surface area contributed by atoms with Crippen molar-refractivity contribution in [1.82, 2.24) is 0 Å². The van der Waals surface area contributed by atoms with Crippen molar-refractivity contribution < 1.29 is 28.6 Å². The molecule has 0 rings (SSSR count). The van der Waals surface area contributed by atoms with Crippen LogP contribution in [-0.2, 0) is 28.6 Å². The highest BCUT2D eigenvalue weighted by Crippen LogP contribution is 2.09. The predicted octanol–water partition coefficient (Wildman–Crippen LogP) is 14.5. The molecule has 0 aromatic carbocycles. The van der Waals surface area contributed by atoms with Crippen molar-refractivity contribution in [2.45, 2.75) is 155 Å². The van der Waals surface area contributed by atoms with Crippen molar-refractivity contribution in [3.8, 4) is 0 Å². The van der Waals surface area contributed by atoms with Gasteiger partial charge in [-0.3, -0.25) is 14.4 Å². The summed E-state index contributed by atoms with van der Waals surface area (Å²) in [4.78, 5) is 37.6. The number of allylic oxidation sites excluding steroid dienone is 23. The smallest absolute Gasteiger partial charge is 0.309 e. The first-order valence-corrected chi connectivity index (χ1v) is 22.4. The van der Waals surface area contributed by atoms with Crippen LogP contribution < -0.4 is 0 Å². The second-order valence-corrected chi connectivity index (χ2v) is 14.0. The van der Waals surface area contributed by atoms with Crippen molar-refractivity contribution >= 4 is 17.9 Å². The van der Waals surface area contributed by atoms with Gasteiger partial charge in [-0.2, -0.15) is 0 Å². The lowest BCUT2D eigenvalue weighted by molar-refractivity contribution is -0.166. The number of rotatable bonds is 37. The summed E-state index contributed by atoms with van der Waals surface area (Å²) in [6.07, 6.45) is 65.8. The van der Waals surface area contributed by atoms with Crippen LogP contribution in [-0.4, -0.2) is 37.2 Å². The molecule has 0 fully saturated rings. The van der Waals surface area contributed by atoms with E-state index in [0.29, 0.717) is 12.8 Å². The van der Waals surface area contributed by atoms with Crippen LogP contribution in [0.4, 0.5) is 0 Å². The summed E-state index contributed by atoms with van der Waals surface area (Å²) in [6.45, 7) is 6.11. The Hall–Kier alpha value is -4.71. The summed E-state index contributed by atoms with van der Waals surface area (Å²) in [5.41, 5.74) is 0. The quantitative estimate of drug-likeness (QED) is 0.0204. The normalized spacial score (nSPS) is 13.5. The van der Waals surface area contributed by atoms with Gasteiger partial charge in [-0.1, -0.05) is 186 Å². The second kappa shape index (κ2) is 46.0.